The van der Waals surface area contributed by atoms with Crippen molar-refractivity contribution in [1.82, 2.24) is 15.5 Å². The van der Waals surface area contributed by atoms with Crippen LogP contribution in [0.3, 0.4) is 0 Å². The van der Waals surface area contributed by atoms with E-state index in [4.69, 9.17) is 0 Å². The van der Waals surface area contributed by atoms with E-state index in [0.29, 0.717) is 12.0 Å². The minimum Gasteiger partial charge on any atom is -0.356 e. The number of likely N-dealkylation sites (tertiary alicyclic amines) is 1. The van der Waals surface area contributed by atoms with E-state index in [2.05, 4.69) is 58.8 Å². The van der Waals surface area contributed by atoms with Crippen LogP contribution in [0.2, 0.25) is 0 Å². The fraction of sp³-hybridized carbons (Fsp3) is 0.722. The summed E-state index contributed by atoms with van der Waals surface area (Å²) in [7, 11) is 1.85. The van der Waals surface area contributed by atoms with Crippen molar-refractivity contribution < 1.29 is 0 Å². The molecule has 0 aliphatic carbocycles. The first-order valence-corrected chi connectivity index (χ1v) is 9.68. The zero-order valence-corrected chi connectivity index (χ0v) is 15.8. The van der Waals surface area contributed by atoms with E-state index < -0.39 is 0 Å². The fourth-order valence-electron chi connectivity index (χ4n) is 2.79. The van der Waals surface area contributed by atoms with Crippen LogP contribution >= 0.6 is 11.3 Å². The highest BCUT2D eigenvalue weighted by molar-refractivity contribution is 7.09. The van der Waals surface area contributed by atoms with Crippen molar-refractivity contribution >= 4 is 17.3 Å². The van der Waals surface area contributed by atoms with Crippen molar-refractivity contribution in [2.75, 3.05) is 26.7 Å². The van der Waals surface area contributed by atoms with Crippen molar-refractivity contribution in [2.45, 2.75) is 46.2 Å². The number of guanidine groups is 1. The first-order chi connectivity index (χ1) is 11.1. The van der Waals surface area contributed by atoms with Gasteiger partial charge in [-0.25, -0.2) is 0 Å². The molecule has 0 amide bonds. The fourth-order valence-corrected chi connectivity index (χ4v) is 3.54. The highest BCUT2D eigenvalue weighted by Crippen LogP contribution is 2.20. The van der Waals surface area contributed by atoms with Crippen LogP contribution in [0.5, 0.6) is 0 Å². The molecule has 0 bridgehead atoms. The third-order valence-electron chi connectivity index (χ3n) is 4.81. The number of thiophene rings is 1. The first kappa shape index (κ1) is 18.3. The lowest BCUT2D eigenvalue weighted by atomic mass is 9.97. The minimum absolute atomic E-state index is 0.439. The van der Waals surface area contributed by atoms with Gasteiger partial charge in [0.05, 0.1) is 0 Å². The van der Waals surface area contributed by atoms with Gasteiger partial charge < -0.3 is 10.6 Å². The van der Waals surface area contributed by atoms with E-state index in [9.17, 15) is 0 Å². The van der Waals surface area contributed by atoms with Crippen molar-refractivity contribution in [3.63, 3.8) is 0 Å². The topological polar surface area (TPSA) is 39.7 Å². The zero-order valence-electron chi connectivity index (χ0n) is 15.0. The Kier molecular flexibility index (Phi) is 7.37. The summed E-state index contributed by atoms with van der Waals surface area (Å²) in [6.45, 7) is 11.2. The lowest BCUT2D eigenvalue weighted by Gasteiger charge is -2.32. The number of nitrogens with one attached hydrogen (secondary N) is 2. The van der Waals surface area contributed by atoms with Gasteiger partial charge >= 0.3 is 0 Å². The summed E-state index contributed by atoms with van der Waals surface area (Å²) in [4.78, 5) is 8.41. The Morgan fingerprint density at radius 2 is 2.09 bits per heavy atom. The van der Waals surface area contributed by atoms with E-state index in [0.717, 1.165) is 25.0 Å². The molecule has 0 aromatic carbocycles. The molecule has 1 aliphatic rings. The molecule has 1 fully saturated rings. The number of piperidine rings is 1. The summed E-state index contributed by atoms with van der Waals surface area (Å²) in [5, 5.41) is 9.15. The molecule has 2 rings (SSSR count). The number of hydrogen-bond donors (Lipinski definition) is 2. The third kappa shape index (κ3) is 6.15. The summed E-state index contributed by atoms with van der Waals surface area (Å²) < 4.78 is 0. The van der Waals surface area contributed by atoms with Gasteiger partial charge in [-0.15, -0.1) is 11.3 Å². The van der Waals surface area contributed by atoms with Crippen LogP contribution in [0.4, 0.5) is 0 Å². The van der Waals surface area contributed by atoms with Crippen LogP contribution in [-0.4, -0.2) is 43.6 Å². The molecule has 0 saturated carbocycles. The normalized spacial score (nSPS) is 19.1. The predicted octanol–water partition coefficient (Wildman–Crippen LogP) is 3.17. The maximum atomic E-state index is 4.35. The number of hydrogen-bond acceptors (Lipinski definition) is 3. The molecule has 23 heavy (non-hydrogen) atoms. The summed E-state index contributed by atoms with van der Waals surface area (Å²) in [5.41, 5.74) is 0. The molecule has 1 aliphatic heterocycles. The second kappa shape index (κ2) is 9.28. The van der Waals surface area contributed by atoms with Crippen molar-refractivity contribution in [3.8, 4) is 0 Å². The van der Waals surface area contributed by atoms with Crippen LogP contribution in [0.1, 0.15) is 38.5 Å². The maximum Gasteiger partial charge on any atom is 0.191 e. The van der Waals surface area contributed by atoms with Gasteiger partial charge in [0.25, 0.3) is 0 Å². The third-order valence-corrected chi connectivity index (χ3v) is 5.67. The average molecular weight is 337 g/mol. The van der Waals surface area contributed by atoms with Gasteiger partial charge in [0.1, 0.15) is 0 Å². The molecule has 1 aromatic rings. The molecule has 2 heterocycles. The molecule has 1 aromatic heterocycles. The van der Waals surface area contributed by atoms with E-state index in [1.807, 2.05) is 18.4 Å². The molecule has 130 valence electrons. The second-order valence-corrected chi connectivity index (χ2v) is 7.96. The Balaban J connectivity index is 1.67. The Morgan fingerprint density at radius 3 is 2.65 bits per heavy atom. The Bertz CT molecular complexity index is 461. The molecular formula is C18H32N4S. The van der Waals surface area contributed by atoms with Gasteiger partial charge in [-0.05, 0) is 56.1 Å². The van der Waals surface area contributed by atoms with E-state index in [1.54, 1.807) is 0 Å². The van der Waals surface area contributed by atoms with Gasteiger partial charge in [-0.1, -0.05) is 19.9 Å². The summed E-state index contributed by atoms with van der Waals surface area (Å²) >= 11 is 1.86. The number of nitrogens with zero attached hydrogens (tertiary/aromatic N) is 2. The quantitative estimate of drug-likeness (QED) is 0.619. The van der Waals surface area contributed by atoms with Crippen LogP contribution in [0, 0.1) is 11.8 Å². The largest absolute Gasteiger partial charge is 0.356 e. The van der Waals surface area contributed by atoms with Crippen LogP contribution in [0.15, 0.2) is 22.5 Å². The standard InChI is InChI=1S/C18H32N4S/c1-14(2)15(3)21-18(19-4)20-12-16-7-9-22(10-8-16)13-17-6-5-11-23-17/h5-6,11,14-16H,7-10,12-13H2,1-4H3,(H2,19,20,21). The molecule has 0 spiro atoms. The second-order valence-electron chi connectivity index (χ2n) is 6.93. The van der Waals surface area contributed by atoms with E-state index in [-0.39, 0.29) is 0 Å². The Hall–Kier alpha value is -1.07. The summed E-state index contributed by atoms with van der Waals surface area (Å²) in [5.74, 6) is 2.30. The maximum absolute atomic E-state index is 4.35. The van der Waals surface area contributed by atoms with Crippen LogP contribution in [-0.2, 0) is 6.54 Å². The highest BCUT2D eigenvalue weighted by Gasteiger charge is 2.20. The van der Waals surface area contributed by atoms with Gasteiger partial charge in [-0.2, -0.15) is 0 Å². The van der Waals surface area contributed by atoms with Gasteiger partial charge in [0.15, 0.2) is 5.96 Å². The highest BCUT2D eigenvalue weighted by atomic mass is 32.1. The molecule has 2 N–H and O–H groups in total. The number of aliphatic imine (C=N–C) groups is 1. The predicted molar refractivity (Wildman–Crippen MR) is 101 cm³/mol. The number of rotatable bonds is 6. The van der Waals surface area contributed by atoms with E-state index in [1.165, 1.54) is 30.8 Å². The van der Waals surface area contributed by atoms with Crippen molar-refractivity contribution in [2.24, 2.45) is 16.8 Å². The molecule has 4 nitrogen and oxygen atoms in total. The van der Waals surface area contributed by atoms with Gasteiger partial charge in [0, 0.05) is 31.1 Å². The van der Waals surface area contributed by atoms with E-state index >= 15 is 0 Å². The first-order valence-electron chi connectivity index (χ1n) is 8.80. The summed E-state index contributed by atoms with van der Waals surface area (Å²) in [6, 6.07) is 4.82. The SMILES string of the molecule is CN=C(NCC1CCN(Cc2cccs2)CC1)NC(C)C(C)C. The molecule has 0 radical (unpaired) electrons. The smallest absolute Gasteiger partial charge is 0.191 e. The van der Waals surface area contributed by atoms with Crippen molar-refractivity contribution in [1.29, 1.82) is 0 Å². The lowest BCUT2D eigenvalue weighted by molar-refractivity contribution is 0.179. The van der Waals surface area contributed by atoms with Gasteiger partial charge in [-0.3, -0.25) is 9.89 Å². The molecule has 5 heteroatoms. The zero-order chi connectivity index (χ0) is 16.7. The van der Waals surface area contributed by atoms with Crippen LogP contribution in [0.25, 0.3) is 0 Å². The monoisotopic (exact) mass is 336 g/mol. The molecular weight excluding hydrogens is 304 g/mol. The molecule has 1 unspecified atom stereocenters. The van der Waals surface area contributed by atoms with Crippen molar-refractivity contribution in [3.05, 3.63) is 22.4 Å². The summed E-state index contributed by atoms with van der Waals surface area (Å²) in [6.07, 6.45) is 2.55. The molecule has 1 atom stereocenters. The van der Waals surface area contributed by atoms with Gasteiger partial charge in [0.2, 0.25) is 0 Å². The Morgan fingerprint density at radius 1 is 1.35 bits per heavy atom. The minimum atomic E-state index is 0.439. The van der Waals surface area contributed by atoms with Crippen LogP contribution < -0.4 is 10.6 Å². The average Bonchev–Trinajstić information content (AvgIpc) is 3.05. The lowest BCUT2D eigenvalue weighted by Crippen LogP contribution is -2.46. The molecule has 1 saturated heterocycles. The Labute approximate surface area is 145 Å².